The number of anilines is 3. The van der Waals surface area contributed by atoms with Gasteiger partial charge in [0.25, 0.3) is 0 Å². The summed E-state index contributed by atoms with van der Waals surface area (Å²) in [5.41, 5.74) is 1.07. The van der Waals surface area contributed by atoms with Crippen molar-refractivity contribution in [2.45, 2.75) is 11.8 Å². The highest BCUT2D eigenvalue weighted by Crippen LogP contribution is 2.32. The fourth-order valence-corrected chi connectivity index (χ4v) is 3.86. The highest BCUT2D eigenvalue weighted by atomic mass is 32.2. The second-order valence-corrected chi connectivity index (χ2v) is 8.55. The van der Waals surface area contributed by atoms with Gasteiger partial charge < -0.3 is 20.1 Å². The van der Waals surface area contributed by atoms with Gasteiger partial charge in [-0.3, -0.25) is 0 Å². The van der Waals surface area contributed by atoms with E-state index < -0.39 is 10.0 Å². The first-order chi connectivity index (χ1) is 15.0. The van der Waals surface area contributed by atoms with Crippen molar-refractivity contribution >= 4 is 27.5 Å². The van der Waals surface area contributed by atoms with Gasteiger partial charge in [0, 0.05) is 25.4 Å². The van der Waals surface area contributed by atoms with Crippen LogP contribution in [0.2, 0.25) is 0 Å². The lowest BCUT2D eigenvalue weighted by Crippen LogP contribution is -2.29. The molecule has 0 fully saturated rings. The summed E-state index contributed by atoms with van der Waals surface area (Å²) in [5, 5.41) is 14.2. The van der Waals surface area contributed by atoms with E-state index in [9.17, 15) is 8.42 Å². The average Bonchev–Trinajstić information content (AvgIpc) is 2.79. The number of aryl methyl sites for hydroxylation is 1. The van der Waals surface area contributed by atoms with Gasteiger partial charge in [0.1, 0.15) is 24.8 Å². The Hall–Kier alpha value is -3.44. The Morgan fingerprint density at radius 2 is 1.65 bits per heavy atom. The van der Waals surface area contributed by atoms with E-state index >= 15 is 0 Å². The number of hydrogen-bond donors (Lipinski definition) is 3. The molecule has 162 valence electrons. The average molecular weight is 443 g/mol. The number of fused-ring (bicyclic) bond motifs is 1. The van der Waals surface area contributed by atoms with Crippen LogP contribution in [0.3, 0.4) is 0 Å². The number of hydrogen-bond acceptors (Lipinski definition) is 9. The summed E-state index contributed by atoms with van der Waals surface area (Å²) < 4.78 is 38.4. The minimum absolute atomic E-state index is 0.122. The van der Waals surface area contributed by atoms with Crippen molar-refractivity contribution in [3.05, 3.63) is 54.2 Å². The van der Waals surface area contributed by atoms with Crippen LogP contribution in [-0.4, -0.2) is 49.9 Å². The van der Waals surface area contributed by atoms with Crippen molar-refractivity contribution in [1.82, 2.24) is 19.9 Å². The normalized spacial score (nSPS) is 12.9. The van der Waals surface area contributed by atoms with E-state index in [1.54, 1.807) is 24.4 Å². The molecule has 0 radical (unpaired) electrons. The number of pyridine rings is 1. The number of aromatic nitrogens is 3. The molecule has 3 heterocycles. The summed E-state index contributed by atoms with van der Waals surface area (Å²) in [6.45, 7) is 3.32. The minimum Gasteiger partial charge on any atom is -0.486 e. The number of nitrogens with zero attached hydrogens (tertiary/aromatic N) is 3. The zero-order valence-corrected chi connectivity index (χ0v) is 17.6. The maximum absolute atomic E-state index is 12.5. The predicted octanol–water partition coefficient (Wildman–Crippen LogP) is 2.09. The quantitative estimate of drug-likeness (QED) is 0.449. The highest BCUT2D eigenvalue weighted by molar-refractivity contribution is 7.89. The number of benzene rings is 1. The molecule has 10 nitrogen and oxygen atoms in total. The van der Waals surface area contributed by atoms with Crippen LogP contribution >= 0.6 is 0 Å². The summed E-state index contributed by atoms with van der Waals surface area (Å²) in [4.78, 5) is 4.38. The fourth-order valence-electron chi connectivity index (χ4n) is 2.82. The van der Waals surface area contributed by atoms with Gasteiger partial charge in [0.2, 0.25) is 10.0 Å². The van der Waals surface area contributed by atoms with Crippen LogP contribution in [0.15, 0.2) is 53.6 Å². The number of sulfonamides is 1. The molecule has 3 aromatic rings. The third-order valence-electron chi connectivity index (χ3n) is 4.38. The van der Waals surface area contributed by atoms with Gasteiger partial charge in [-0.05, 0) is 42.8 Å². The van der Waals surface area contributed by atoms with Gasteiger partial charge >= 0.3 is 0 Å². The molecule has 0 aliphatic carbocycles. The monoisotopic (exact) mass is 442 g/mol. The summed E-state index contributed by atoms with van der Waals surface area (Å²) in [5.74, 6) is 2.73. The molecule has 0 saturated carbocycles. The maximum Gasteiger partial charge on any atom is 0.240 e. The lowest BCUT2D eigenvalue weighted by Gasteiger charge is -2.19. The van der Waals surface area contributed by atoms with Gasteiger partial charge in [0.05, 0.1) is 4.90 Å². The first-order valence-electron chi connectivity index (χ1n) is 9.66. The van der Waals surface area contributed by atoms with Crippen molar-refractivity contribution in [2.75, 3.05) is 36.9 Å². The Labute approximate surface area is 180 Å². The molecule has 0 atom stereocenters. The van der Waals surface area contributed by atoms with Crippen molar-refractivity contribution in [2.24, 2.45) is 0 Å². The van der Waals surface area contributed by atoms with E-state index in [0.29, 0.717) is 48.7 Å². The van der Waals surface area contributed by atoms with Crippen LogP contribution in [0.4, 0.5) is 17.5 Å². The standard InChI is InChI=1S/C20H22N6O4S/c1-14-2-5-18(22-13-14)24-20-7-6-19(25-26-20)21-8-9-23-31(27,28)15-3-4-16-17(12-15)30-11-10-29-16/h2-7,12-13,23H,8-11H2,1H3,(H,21,25)(H,22,24,26). The van der Waals surface area contributed by atoms with E-state index in [4.69, 9.17) is 9.47 Å². The Balaban J connectivity index is 1.27. The number of rotatable bonds is 8. The highest BCUT2D eigenvalue weighted by Gasteiger charge is 2.18. The molecule has 4 rings (SSSR count). The predicted molar refractivity (Wildman–Crippen MR) is 115 cm³/mol. The van der Waals surface area contributed by atoms with Gasteiger partial charge in [-0.1, -0.05) is 6.07 Å². The summed E-state index contributed by atoms with van der Waals surface area (Å²) in [6, 6.07) is 11.9. The Morgan fingerprint density at radius 3 is 2.39 bits per heavy atom. The first kappa shape index (κ1) is 20.8. The van der Waals surface area contributed by atoms with Gasteiger partial charge in [0.15, 0.2) is 17.3 Å². The molecule has 31 heavy (non-hydrogen) atoms. The van der Waals surface area contributed by atoms with Crippen LogP contribution in [0.1, 0.15) is 5.56 Å². The van der Waals surface area contributed by atoms with Crippen LogP contribution in [0, 0.1) is 6.92 Å². The third kappa shape index (κ3) is 5.38. The Morgan fingerprint density at radius 1 is 0.903 bits per heavy atom. The van der Waals surface area contributed by atoms with Crippen molar-refractivity contribution in [3.8, 4) is 11.5 Å². The third-order valence-corrected chi connectivity index (χ3v) is 5.84. The van der Waals surface area contributed by atoms with Crippen LogP contribution < -0.4 is 24.8 Å². The van der Waals surface area contributed by atoms with Gasteiger partial charge in [-0.15, -0.1) is 10.2 Å². The lowest BCUT2D eigenvalue weighted by atomic mass is 10.3. The van der Waals surface area contributed by atoms with E-state index in [0.717, 1.165) is 5.56 Å². The molecule has 2 aromatic heterocycles. The Kier molecular flexibility index (Phi) is 6.14. The fraction of sp³-hybridized carbons (Fsp3) is 0.250. The smallest absolute Gasteiger partial charge is 0.240 e. The van der Waals surface area contributed by atoms with E-state index in [-0.39, 0.29) is 11.4 Å². The summed E-state index contributed by atoms with van der Waals surface area (Å²) in [6.07, 6.45) is 1.76. The molecular weight excluding hydrogens is 420 g/mol. The summed E-state index contributed by atoms with van der Waals surface area (Å²) in [7, 11) is -3.67. The number of ether oxygens (including phenoxy) is 2. The van der Waals surface area contributed by atoms with E-state index in [1.165, 1.54) is 12.1 Å². The van der Waals surface area contributed by atoms with Crippen molar-refractivity contribution < 1.29 is 17.9 Å². The van der Waals surface area contributed by atoms with Crippen molar-refractivity contribution in [3.63, 3.8) is 0 Å². The first-order valence-corrected chi connectivity index (χ1v) is 11.1. The molecule has 0 saturated heterocycles. The SMILES string of the molecule is Cc1ccc(Nc2ccc(NCCNS(=O)(=O)c3ccc4c(c3)OCCO4)nn2)nc1. The molecular formula is C20H22N6O4S. The molecule has 11 heteroatoms. The molecule has 0 amide bonds. The molecule has 1 aliphatic heterocycles. The van der Waals surface area contributed by atoms with Crippen LogP contribution in [0.25, 0.3) is 0 Å². The van der Waals surface area contributed by atoms with Crippen LogP contribution in [-0.2, 0) is 10.0 Å². The Bertz CT molecular complexity index is 1140. The zero-order chi connectivity index (χ0) is 21.7. The molecule has 0 bridgehead atoms. The maximum atomic E-state index is 12.5. The van der Waals surface area contributed by atoms with Crippen molar-refractivity contribution in [1.29, 1.82) is 0 Å². The van der Waals surface area contributed by atoms with E-state index in [2.05, 4.69) is 30.5 Å². The zero-order valence-electron chi connectivity index (χ0n) is 16.8. The molecule has 3 N–H and O–H groups in total. The summed E-state index contributed by atoms with van der Waals surface area (Å²) >= 11 is 0. The number of nitrogens with one attached hydrogen (secondary N) is 3. The molecule has 0 spiro atoms. The topological polar surface area (TPSA) is 127 Å². The molecule has 1 aliphatic rings. The van der Waals surface area contributed by atoms with Crippen LogP contribution in [0.5, 0.6) is 11.5 Å². The molecule has 1 aromatic carbocycles. The second-order valence-electron chi connectivity index (χ2n) is 6.78. The minimum atomic E-state index is -3.67. The second kappa shape index (κ2) is 9.14. The molecule has 0 unspecified atom stereocenters. The lowest BCUT2D eigenvalue weighted by molar-refractivity contribution is 0.171. The van der Waals surface area contributed by atoms with Gasteiger partial charge in [-0.25, -0.2) is 18.1 Å². The largest absolute Gasteiger partial charge is 0.486 e. The van der Waals surface area contributed by atoms with E-state index in [1.807, 2.05) is 19.1 Å². The van der Waals surface area contributed by atoms with Gasteiger partial charge in [-0.2, -0.15) is 0 Å².